The molecule has 1 aliphatic rings. The molecule has 0 aliphatic carbocycles. The van der Waals surface area contributed by atoms with Gasteiger partial charge in [0, 0.05) is 5.56 Å². The van der Waals surface area contributed by atoms with Gasteiger partial charge in [-0.2, -0.15) is 0 Å². The first-order valence-electron chi connectivity index (χ1n) is 7.53. The Labute approximate surface area is 147 Å². The Kier molecular flexibility index (Phi) is 5.14. The van der Waals surface area contributed by atoms with E-state index in [1.54, 1.807) is 24.3 Å². The summed E-state index contributed by atoms with van der Waals surface area (Å²) in [6, 6.07) is 12.4. The van der Waals surface area contributed by atoms with Crippen LogP contribution in [0.5, 0.6) is 5.75 Å². The smallest absolute Gasteiger partial charge is 0.286 e. The molecule has 1 N–H and O–H groups in total. The second kappa shape index (κ2) is 7.48. The fourth-order valence-electron chi connectivity index (χ4n) is 2.36. The Morgan fingerprint density at radius 3 is 2.56 bits per heavy atom. The number of imide groups is 1. The number of rotatable bonds is 6. The van der Waals surface area contributed by atoms with Crippen molar-refractivity contribution < 1.29 is 23.5 Å². The molecule has 1 heterocycles. The van der Waals surface area contributed by atoms with Crippen LogP contribution in [0.1, 0.15) is 15.9 Å². The predicted molar refractivity (Wildman–Crippen MR) is 91.3 cm³/mol. The summed E-state index contributed by atoms with van der Waals surface area (Å²) in [7, 11) is 0. The van der Waals surface area contributed by atoms with Gasteiger partial charge in [-0.05, 0) is 36.2 Å². The minimum absolute atomic E-state index is 0.196. The van der Waals surface area contributed by atoms with Crippen LogP contribution >= 0.6 is 11.8 Å². The second-order valence-electron chi connectivity index (χ2n) is 5.45. The third kappa shape index (κ3) is 4.45. The van der Waals surface area contributed by atoms with Crippen molar-refractivity contribution in [2.75, 3.05) is 6.61 Å². The van der Waals surface area contributed by atoms with E-state index in [-0.39, 0.29) is 29.1 Å². The van der Waals surface area contributed by atoms with Crippen LogP contribution in [0.3, 0.4) is 0 Å². The number of benzene rings is 2. The van der Waals surface area contributed by atoms with E-state index in [1.165, 1.54) is 24.3 Å². The first-order valence-corrected chi connectivity index (χ1v) is 8.41. The number of carbonyl (C=O) groups is 3. The van der Waals surface area contributed by atoms with Crippen molar-refractivity contribution in [3.63, 3.8) is 0 Å². The van der Waals surface area contributed by atoms with E-state index in [9.17, 15) is 18.8 Å². The second-order valence-corrected chi connectivity index (χ2v) is 6.63. The van der Waals surface area contributed by atoms with Gasteiger partial charge in [0.1, 0.15) is 11.6 Å². The van der Waals surface area contributed by atoms with Crippen LogP contribution in [-0.2, 0) is 11.2 Å². The summed E-state index contributed by atoms with van der Waals surface area (Å²) in [6.45, 7) is -0.196. The molecule has 2 aromatic rings. The Morgan fingerprint density at radius 2 is 1.92 bits per heavy atom. The predicted octanol–water partition coefficient (Wildman–Crippen LogP) is 2.98. The number of hydrogen-bond acceptors (Lipinski definition) is 5. The van der Waals surface area contributed by atoms with Crippen molar-refractivity contribution in [1.82, 2.24) is 5.32 Å². The van der Waals surface area contributed by atoms with Gasteiger partial charge in [0.2, 0.25) is 5.91 Å². The lowest BCUT2D eigenvalue weighted by Crippen LogP contribution is -2.25. The van der Waals surface area contributed by atoms with E-state index in [4.69, 9.17) is 4.74 Å². The Balaban J connectivity index is 1.55. The minimum Gasteiger partial charge on any atom is -0.485 e. The molecule has 1 saturated heterocycles. The average Bonchev–Trinajstić information content (AvgIpc) is 2.91. The van der Waals surface area contributed by atoms with E-state index < -0.39 is 11.1 Å². The standard InChI is InChI=1S/C18H14FNO4S/c19-13-3-1-2-12(9-13)15(21)10-24-14-6-4-11(5-7-14)8-16-17(22)20-18(23)25-16/h1-7,9,16H,8,10H2,(H,20,22,23)/t16-/m0/s1. The van der Waals surface area contributed by atoms with Gasteiger partial charge < -0.3 is 4.74 Å². The molecule has 7 heteroatoms. The minimum atomic E-state index is -0.470. The molecular formula is C18H14FNO4S. The Hall–Kier alpha value is -2.67. The summed E-state index contributed by atoms with van der Waals surface area (Å²) in [5.41, 5.74) is 1.14. The van der Waals surface area contributed by atoms with Crippen LogP contribution < -0.4 is 10.1 Å². The Morgan fingerprint density at radius 1 is 1.16 bits per heavy atom. The first kappa shape index (κ1) is 17.2. The monoisotopic (exact) mass is 359 g/mol. The lowest BCUT2D eigenvalue weighted by molar-refractivity contribution is -0.118. The third-order valence-electron chi connectivity index (χ3n) is 3.63. The molecule has 2 aromatic carbocycles. The molecule has 128 valence electrons. The summed E-state index contributed by atoms with van der Waals surface area (Å²) in [5.74, 6) is -0.576. The van der Waals surface area contributed by atoms with E-state index in [1.807, 2.05) is 0 Å². The molecule has 0 aromatic heterocycles. The fourth-order valence-corrected chi connectivity index (χ4v) is 3.22. The summed E-state index contributed by atoms with van der Waals surface area (Å²) < 4.78 is 18.5. The number of ether oxygens (including phenoxy) is 1. The maximum absolute atomic E-state index is 13.1. The summed E-state index contributed by atoms with van der Waals surface area (Å²) in [4.78, 5) is 34.7. The largest absolute Gasteiger partial charge is 0.485 e. The normalized spacial score (nSPS) is 16.6. The van der Waals surface area contributed by atoms with Gasteiger partial charge in [0.15, 0.2) is 12.4 Å². The van der Waals surface area contributed by atoms with Crippen molar-refractivity contribution >= 4 is 28.7 Å². The summed E-state index contributed by atoms with van der Waals surface area (Å²) in [6.07, 6.45) is 0.435. The molecule has 2 amide bonds. The molecule has 0 bridgehead atoms. The highest BCUT2D eigenvalue weighted by atomic mass is 32.2. The highest BCUT2D eigenvalue weighted by Crippen LogP contribution is 2.23. The maximum atomic E-state index is 13.1. The number of carbonyl (C=O) groups excluding carboxylic acids is 3. The van der Waals surface area contributed by atoms with Crippen molar-refractivity contribution in [2.45, 2.75) is 11.7 Å². The van der Waals surface area contributed by atoms with E-state index in [2.05, 4.69) is 5.32 Å². The number of amides is 2. The van der Waals surface area contributed by atoms with Gasteiger partial charge in [0.05, 0.1) is 5.25 Å². The van der Waals surface area contributed by atoms with Gasteiger partial charge in [-0.3, -0.25) is 19.7 Å². The molecule has 25 heavy (non-hydrogen) atoms. The number of halogens is 1. The lowest BCUT2D eigenvalue weighted by atomic mass is 10.1. The summed E-state index contributed by atoms with van der Waals surface area (Å²) in [5, 5.41) is 1.50. The molecular weight excluding hydrogens is 345 g/mol. The van der Waals surface area contributed by atoms with Crippen LogP contribution in [0.25, 0.3) is 0 Å². The number of ketones is 1. The van der Waals surface area contributed by atoms with Gasteiger partial charge >= 0.3 is 0 Å². The number of Topliss-reactive ketones (excluding diaryl/α,β-unsaturated/α-hetero) is 1. The molecule has 1 fully saturated rings. The molecule has 1 aliphatic heterocycles. The van der Waals surface area contributed by atoms with Crippen LogP contribution in [0.2, 0.25) is 0 Å². The third-order valence-corrected chi connectivity index (χ3v) is 4.61. The number of nitrogens with one attached hydrogen (secondary N) is 1. The summed E-state index contributed by atoms with van der Waals surface area (Å²) >= 11 is 0.980. The zero-order chi connectivity index (χ0) is 17.8. The maximum Gasteiger partial charge on any atom is 0.286 e. The van der Waals surface area contributed by atoms with Gasteiger partial charge in [-0.25, -0.2) is 4.39 Å². The topological polar surface area (TPSA) is 72.5 Å². The highest BCUT2D eigenvalue weighted by molar-refractivity contribution is 8.15. The SMILES string of the molecule is O=C1NC(=O)[C@H](Cc2ccc(OCC(=O)c3cccc(F)c3)cc2)S1. The highest BCUT2D eigenvalue weighted by Gasteiger charge is 2.31. The quantitative estimate of drug-likeness (QED) is 0.803. The lowest BCUT2D eigenvalue weighted by Gasteiger charge is -2.08. The van der Waals surface area contributed by atoms with Gasteiger partial charge in [0.25, 0.3) is 5.24 Å². The van der Waals surface area contributed by atoms with Crippen molar-refractivity contribution in [3.8, 4) is 5.75 Å². The number of hydrogen-bond donors (Lipinski definition) is 1. The molecule has 3 rings (SSSR count). The molecule has 1 atom stereocenters. The fraction of sp³-hybridized carbons (Fsp3) is 0.167. The zero-order valence-corrected chi connectivity index (χ0v) is 13.8. The van der Waals surface area contributed by atoms with Crippen molar-refractivity contribution in [2.24, 2.45) is 0 Å². The first-order chi connectivity index (χ1) is 12.0. The molecule has 0 unspecified atom stereocenters. The van der Waals surface area contributed by atoms with E-state index in [0.29, 0.717) is 12.2 Å². The van der Waals surface area contributed by atoms with E-state index >= 15 is 0 Å². The molecule has 0 radical (unpaired) electrons. The van der Waals surface area contributed by atoms with Crippen LogP contribution in [0, 0.1) is 5.82 Å². The number of thioether (sulfide) groups is 1. The zero-order valence-electron chi connectivity index (χ0n) is 13.0. The van der Waals surface area contributed by atoms with Crippen LogP contribution in [-0.4, -0.2) is 28.8 Å². The molecule has 5 nitrogen and oxygen atoms in total. The van der Waals surface area contributed by atoms with Crippen molar-refractivity contribution in [3.05, 3.63) is 65.5 Å². The molecule has 0 saturated carbocycles. The van der Waals surface area contributed by atoms with Crippen LogP contribution in [0.15, 0.2) is 48.5 Å². The Bertz CT molecular complexity index is 822. The van der Waals surface area contributed by atoms with Gasteiger partial charge in [-0.15, -0.1) is 0 Å². The molecule has 0 spiro atoms. The van der Waals surface area contributed by atoms with Crippen LogP contribution in [0.4, 0.5) is 9.18 Å². The van der Waals surface area contributed by atoms with Gasteiger partial charge in [-0.1, -0.05) is 36.0 Å². The van der Waals surface area contributed by atoms with E-state index in [0.717, 1.165) is 17.3 Å². The average molecular weight is 359 g/mol. The van der Waals surface area contributed by atoms with Crippen molar-refractivity contribution in [1.29, 1.82) is 0 Å².